The van der Waals surface area contributed by atoms with Gasteiger partial charge in [0.15, 0.2) is 0 Å². The number of aryl methyl sites for hydroxylation is 2. The molecule has 2 N–H and O–H groups in total. The Balaban J connectivity index is 1.65. The van der Waals surface area contributed by atoms with E-state index < -0.39 is 0 Å². The van der Waals surface area contributed by atoms with Crippen molar-refractivity contribution in [3.8, 4) is 5.75 Å². The van der Waals surface area contributed by atoms with Crippen molar-refractivity contribution in [2.24, 2.45) is 0 Å². The molecule has 2 heterocycles. The molecule has 2 amide bonds. The minimum absolute atomic E-state index is 0.0805. The van der Waals surface area contributed by atoms with Gasteiger partial charge in [-0.3, -0.25) is 9.88 Å². The number of amides is 2. The van der Waals surface area contributed by atoms with Gasteiger partial charge >= 0.3 is 6.03 Å². The van der Waals surface area contributed by atoms with Crippen LogP contribution in [-0.2, 0) is 4.74 Å². The highest BCUT2D eigenvalue weighted by Crippen LogP contribution is 2.27. The highest BCUT2D eigenvalue weighted by Gasteiger charge is 2.23. The number of benzene rings is 1. The van der Waals surface area contributed by atoms with E-state index in [9.17, 15) is 4.79 Å². The Bertz CT molecular complexity index is 768. The number of anilines is 1. The first kappa shape index (κ1) is 20.1. The van der Waals surface area contributed by atoms with E-state index in [1.54, 1.807) is 19.5 Å². The Kier molecular flexibility index (Phi) is 6.84. The molecule has 0 bridgehead atoms. The maximum Gasteiger partial charge on any atom is 0.319 e. The summed E-state index contributed by atoms with van der Waals surface area (Å²) in [6.45, 7) is 7.53. The Hall–Kier alpha value is -2.64. The van der Waals surface area contributed by atoms with Gasteiger partial charge in [0, 0.05) is 37.7 Å². The highest BCUT2D eigenvalue weighted by molar-refractivity contribution is 5.89. The zero-order chi connectivity index (χ0) is 19.9. The zero-order valence-corrected chi connectivity index (χ0v) is 16.7. The first-order valence-corrected chi connectivity index (χ1v) is 9.50. The average Bonchev–Trinajstić information content (AvgIpc) is 2.69. The van der Waals surface area contributed by atoms with Gasteiger partial charge in [-0.15, -0.1) is 0 Å². The molecule has 1 aliphatic rings. The molecule has 3 rings (SSSR count). The monoisotopic (exact) mass is 384 g/mol. The second kappa shape index (κ2) is 9.52. The highest BCUT2D eigenvalue weighted by atomic mass is 16.5. The smallest absolute Gasteiger partial charge is 0.319 e. The largest absolute Gasteiger partial charge is 0.496 e. The van der Waals surface area contributed by atoms with Crippen LogP contribution in [0.2, 0.25) is 0 Å². The third kappa shape index (κ3) is 4.99. The van der Waals surface area contributed by atoms with E-state index in [0.717, 1.165) is 41.2 Å². The van der Waals surface area contributed by atoms with Crippen molar-refractivity contribution in [3.63, 3.8) is 0 Å². The van der Waals surface area contributed by atoms with E-state index in [-0.39, 0.29) is 12.1 Å². The lowest BCUT2D eigenvalue weighted by molar-refractivity contribution is 0.0167. The number of pyridine rings is 1. The van der Waals surface area contributed by atoms with Crippen LogP contribution in [-0.4, -0.2) is 55.9 Å². The average molecular weight is 384 g/mol. The van der Waals surface area contributed by atoms with Crippen molar-refractivity contribution < 1.29 is 14.3 Å². The third-order valence-corrected chi connectivity index (χ3v) is 4.96. The van der Waals surface area contributed by atoms with Crippen molar-refractivity contribution in [3.05, 3.63) is 53.3 Å². The van der Waals surface area contributed by atoms with E-state index in [0.29, 0.717) is 19.8 Å². The minimum Gasteiger partial charge on any atom is -0.496 e. The molecule has 150 valence electrons. The molecule has 7 heteroatoms. The maximum absolute atomic E-state index is 12.5. The first-order valence-electron chi connectivity index (χ1n) is 9.50. The van der Waals surface area contributed by atoms with Gasteiger partial charge in [-0.05, 0) is 54.8 Å². The van der Waals surface area contributed by atoms with Crippen LogP contribution in [0.4, 0.5) is 10.5 Å². The van der Waals surface area contributed by atoms with Gasteiger partial charge in [-0.1, -0.05) is 0 Å². The number of ether oxygens (including phenoxy) is 2. The Morgan fingerprint density at radius 3 is 2.46 bits per heavy atom. The minimum atomic E-state index is -0.226. The van der Waals surface area contributed by atoms with Crippen molar-refractivity contribution in [1.82, 2.24) is 15.2 Å². The molecule has 28 heavy (non-hydrogen) atoms. The van der Waals surface area contributed by atoms with Crippen LogP contribution < -0.4 is 15.4 Å². The van der Waals surface area contributed by atoms with Crippen LogP contribution in [0.25, 0.3) is 0 Å². The number of methoxy groups -OCH3 is 1. The standard InChI is InChI=1S/C21H28N4O3/c1-15-12-18(13-16(2)20(15)27-3)24-21(26)23-14-19(17-4-6-22-7-5-17)25-8-10-28-11-9-25/h4-7,12-13,19H,8-11,14H2,1-3H3,(H2,23,24,26)/t19-/m1/s1. The summed E-state index contributed by atoms with van der Waals surface area (Å²) in [5.41, 5.74) is 3.86. The summed E-state index contributed by atoms with van der Waals surface area (Å²) in [6.07, 6.45) is 3.57. The van der Waals surface area contributed by atoms with Gasteiger partial charge < -0.3 is 20.1 Å². The number of morpholine rings is 1. The molecule has 1 fully saturated rings. The van der Waals surface area contributed by atoms with Gasteiger partial charge in [-0.2, -0.15) is 0 Å². The van der Waals surface area contributed by atoms with E-state index in [1.807, 2.05) is 38.1 Å². The zero-order valence-electron chi connectivity index (χ0n) is 16.7. The fraction of sp³-hybridized carbons (Fsp3) is 0.429. The van der Waals surface area contributed by atoms with E-state index >= 15 is 0 Å². The number of rotatable bonds is 6. The second-order valence-corrected chi connectivity index (χ2v) is 6.92. The third-order valence-electron chi connectivity index (χ3n) is 4.96. The lowest BCUT2D eigenvalue weighted by atomic mass is 10.1. The van der Waals surface area contributed by atoms with Gasteiger partial charge in [0.05, 0.1) is 26.4 Å². The summed E-state index contributed by atoms with van der Waals surface area (Å²) in [7, 11) is 1.65. The predicted octanol–water partition coefficient (Wildman–Crippen LogP) is 2.90. The summed E-state index contributed by atoms with van der Waals surface area (Å²) in [5, 5.41) is 5.93. The fourth-order valence-electron chi connectivity index (χ4n) is 3.64. The number of hydrogen-bond acceptors (Lipinski definition) is 5. The molecule has 2 aromatic rings. The van der Waals surface area contributed by atoms with Crippen LogP contribution in [0.15, 0.2) is 36.7 Å². The molecule has 1 aliphatic heterocycles. The van der Waals surface area contributed by atoms with Gasteiger partial charge in [0.25, 0.3) is 0 Å². The molecule has 1 saturated heterocycles. The molecular formula is C21H28N4O3. The Morgan fingerprint density at radius 2 is 1.86 bits per heavy atom. The Morgan fingerprint density at radius 1 is 1.21 bits per heavy atom. The van der Waals surface area contributed by atoms with Gasteiger partial charge in [0.2, 0.25) is 0 Å². The quantitative estimate of drug-likeness (QED) is 0.801. The van der Waals surface area contributed by atoms with Crippen molar-refractivity contribution in [2.45, 2.75) is 19.9 Å². The van der Waals surface area contributed by atoms with Crippen molar-refractivity contribution in [2.75, 3.05) is 45.3 Å². The summed E-state index contributed by atoms with van der Waals surface area (Å²) < 4.78 is 10.8. The number of hydrogen-bond donors (Lipinski definition) is 2. The first-order chi connectivity index (χ1) is 13.6. The molecule has 0 unspecified atom stereocenters. The van der Waals surface area contributed by atoms with Gasteiger partial charge in [0.1, 0.15) is 5.75 Å². The molecule has 0 spiro atoms. The molecular weight excluding hydrogens is 356 g/mol. The normalized spacial score (nSPS) is 15.7. The number of carbonyl (C=O) groups excluding carboxylic acids is 1. The molecule has 7 nitrogen and oxygen atoms in total. The van der Waals surface area contributed by atoms with Crippen molar-refractivity contribution in [1.29, 1.82) is 0 Å². The number of urea groups is 1. The predicted molar refractivity (Wildman–Crippen MR) is 109 cm³/mol. The number of aromatic nitrogens is 1. The lowest BCUT2D eigenvalue weighted by Crippen LogP contribution is -2.44. The fourth-order valence-corrected chi connectivity index (χ4v) is 3.64. The van der Waals surface area contributed by atoms with Gasteiger partial charge in [-0.25, -0.2) is 4.79 Å². The summed E-state index contributed by atoms with van der Waals surface area (Å²) in [5.74, 6) is 0.844. The molecule has 1 aromatic carbocycles. The topological polar surface area (TPSA) is 75.7 Å². The number of carbonyl (C=O) groups is 1. The SMILES string of the molecule is COc1c(C)cc(NC(=O)NC[C@H](c2ccncc2)N2CCOCC2)cc1C. The van der Waals surface area contributed by atoms with E-state index in [4.69, 9.17) is 9.47 Å². The van der Waals surface area contributed by atoms with Crippen LogP contribution in [0, 0.1) is 13.8 Å². The van der Waals surface area contributed by atoms with Crippen LogP contribution in [0.5, 0.6) is 5.75 Å². The van der Waals surface area contributed by atoms with E-state index in [1.165, 1.54) is 0 Å². The molecule has 1 aromatic heterocycles. The van der Waals surface area contributed by atoms with Crippen molar-refractivity contribution >= 4 is 11.7 Å². The molecule has 0 radical (unpaired) electrons. The number of nitrogens with one attached hydrogen (secondary N) is 2. The van der Waals surface area contributed by atoms with Crippen LogP contribution >= 0.6 is 0 Å². The summed E-state index contributed by atoms with van der Waals surface area (Å²) in [4.78, 5) is 18.9. The lowest BCUT2D eigenvalue weighted by Gasteiger charge is -2.34. The van der Waals surface area contributed by atoms with Crippen LogP contribution in [0.1, 0.15) is 22.7 Å². The molecule has 1 atom stereocenters. The van der Waals surface area contributed by atoms with E-state index in [2.05, 4.69) is 20.5 Å². The second-order valence-electron chi connectivity index (χ2n) is 6.92. The summed E-state index contributed by atoms with van der Waals surface area (Å²) in [6, 6.07) is 7.67. The Labute approximate surface area is 166 Å². The van der Waals surface area contributed by atoms with Crippen LogP contribution in [0.3, 0.4) is 0 Å². The summed E-state index contributed by atoms with van der Waals surface area (Å²) >= 11 is 0. The number of nitrogens with zero attached hydrogens (tertiary/aromatic N) is 2. The molecule has 0 saturated carbocycles. The molecule has 0 aliphatic carbocycles. The maximum atomic E-state index is 12.5.